The van der Waals surface area contributed by atoms with E-state index >= 15 is 0 Å². The number of nitrogens with one attached hydrogen (secondary N) is 2. The number of pyridine rings is 1. The molecular weight excluding hydrogens is 490 g/mol. The first-order chi connectivity index (χ1) is 15.4. The minimum atomic E-state index is -5.01. The molecule has 1 aliphatic rings. The van der Waals surface area contributed by atoms with Crippen molar-refractivity contribution in [3.8, 4) is 0 Å². The third-order valence-corrected chi connectivity index (χ3v) is 5.28. The molecule has 7 nitrogen and oxygen atoms in total. The van der Waals surface area contributed by atoms with Crippen LogP contribution in [0.15, 0.2) is 35.3 Å². The summed E-state index contributed by atoms with van der Waals surface area (Å²) in [4.78, 5) is 25.2. The zero-order valence-corrected chi connectivity index (χ0v) is 18.1. The Labute approximate surface area is 194 Å². The fourth-order valence-corrected chi connectivity index (χ4v) is 3.57. The van der Waals surface area contributed by atoms with Gasteiger partial charge in [0.15, 0.2) is 0 Å². The Morgan fingerprint density at radius 3 is 2.15 bits per heavy atom. The van der Waals surface area contributed by atoms with Crippen LogP contribution in [0, 0.1) is 0 Å². The number of nitrogens with zero attached hydrogens (tertiary/aromatic N) is 3. The first kappa shape index (κ1) is 25.6. The summed E-state index contributed by atoms with van der Waals surface area (Å²) in [6.07, 6.45) is -7.38. The topological polar surface area (TPSA) is 99.9 Å². The number of H-pyrrole nitrogens is 1. The van der Waals surface area contributed by atoms with E-state index in [1.165, 1.54) is 12.3 Å². The van der Waals surface area contributed by atoms with E-state index < -0.39 is 34.7 Å². The first-order valence-electron chi connectivity index (χ1n) is 9.88. The van der Waals surface area contributed by atoms with Crippen molar-refractivity contribution in [2.45, 2.75) is 31.2 Å². The zero-order valence-electron chi connectivity index (χ0n) is 17.3. The summed E-state index contributed by atoms with van der Waals surface area (Å²) in [7, 11) is 0. The number of hydrogen-bond acceptors (Lipinski definition) is 6. The second-order valence-electron chi connectivity index (χ2n) is 7.68. The monoisotopic (exact) mass is 508 g/mol. The fourth-order valence-electron chi connectivity index (χ4n) is 3.57. The molecule has 14 heteroatoms. The van der Waals surface area contributed by atoms with E-state index in [4.69, 9.17) is 5.73 Å². The fraction of sp³-hybridized carbons (Fsp3) is 0.350. The zero-order chi connectivity index (χ0) is 24.0. The molecule has 4 N–H and O–H groups in total. The van der Waals surface area contributed by atoms with Gasteiger partial charge in [-0.05, 0) is 37.1 Å². The maximum absolute atomic E-state index is 13.2. The van der Waals surface area contributed by atoms with Gasteiger partial charge < -0.3 is 20.9 Å². The molecule has 0 radical (unpaired) electrons. The maximum Gasteiger partial charge on any atom is 0.416 e. The van der Waals surface area contributed by atoms with Crippen LogP contribution in [0.1, 0.15) is 24.0 Å². The van der Waals surface area contributed by atoms with Gasteiger partial charge in [-0.25, -0.2) is 4.98 Å². The Balaban J connectivity index is 0.00000324. The van der Waals surface area contributed by atoms with Gasteiger partial charge in [0.1, 0.15) is 11.2 Å². The summed E-state index contributed by atoms with van der Waals surface area (Å²) in [5.41, 5.74) is 1.94. The summed E-state index contributed by atoms with van der Waals surface area (Å²) in [5, 5.41) is 2.38. The van der Waals surface area contributed by atoms with Gasteiger partial charge >= 0.3 is 12.4 Å². The molecule has 3 heterocycles. The highest BCUT2D eigenvalue weighted by molar-refractivity contribution is 5.91. The number of aromatic nitrogens is 3. The van der Waals surface area contributed by atoms with Crippen molar-refractivity contribution in [1.29, 1.82) is 0 Å². The van der Waals surface area contributed by atoms with Crippen molar-refractivity contribution in [2.24, 2.45) is 5.73 Å². The number of hydrogen-bond donors (Lipinski definition) is 3. The lowest BCUT2D eigenvalue weighted by Crippen LogP contribution is -2.40. The van der Waals surface area contributed by atoms with E-state index in [0.29, 0.717) is 38.1 Å². The standard InChI is InChI=1S/C20H18F6N6O.ClH/c21-19(22,23)10-7-11(20(24,25)26)9-13(8-10)29-16-15-14(1-4-28-17(15)33)30-18(31-16)32-5-2-12(27)3-6-32;/h1,4,7-9,12H,2-3,5-6,27H2,(H,28,33)(H,29,30,31);1H. The van der Waals surface area contributed by atoms with Gasteiger partial charge in [-0.2, -0.15) is 31.3 Å². The highest BCUT2D eigenvalue weighted by atomic mass is 35.5. The molecule has 34 heavy (non-hydrogen) atoms. The summed E-state index contributed by atoms with van der Waals surface area (Å²) in [5.74, 6) is -0.0234. The van der Waals surface area contributed by atoms with Crippen molar-refractivity contribution in [2.75, 3.05) is 23.3 Å². The Bertz CT molecular complexity index is 1200. The summed E-state index contributed by atoms with van der Waals surface area (Å²) < 4.78 is 79.4. The second kappa shape index (κ2) is 9.29. The number of aromatic amines is 1. The molecule has 1 fully saturated rings. The number of rotatable bonds is 3. The quantitative estimate of drug-likeness (QED) is 0.452. The molecule has 0 unspecified atom stereocenters. The van der Waals surface area contributed by atoms with E-state index in [1.807, 2.05) is 0 Å². The van der Waals surface area contributed by atoms with Crippen LogP contribution >= 0.6 is 12.4 Å². The van der Waals surface area contributed by atoms with Crippen LogP contribution in [0.3, 0.4) is 0 Å². The lowest BCUT2D eigenvalue weighted by Gasteiger charge is -2.30. The molecule has 4 rings (SSSR count). The molecule has 0 spiro atoms. The van der Waals surface area contributed by atoms with Crippen molar-refractivity contribution >= 4 is 40.8 Å². The summed E-state index contributed by atoms with van der Waals surface area (Å²) in [6.45, 7) is 1.02. The molecule has 1 aromatic carbocycles. The largest absolute Gasteiger partial charge is 0.416 e. The van der Waals surface area contributed by atoms with E-state index in [1.54, 1.807) is 4.90 Å². The van der Waals surface area contributed by atoms with Crippen LogP contribution in [0.5, 0.6) is 0 Å². The molecule has 2 aromatic heterocycles. The summed E-state index contributed by atoms with van der Waals surface area (Å²) >= 11 is 0. The normalized spacial score (nSPS) is 15.3. The van der Waals surface area contributed by atoms with Crippen molar-refractivity contribution in [3.63, 3.8) is 0 Å². The molecule has 3 aromatic rings. The van der Waals surface area contributed by atoms with Crippen LogP contribution in [-0.2, 0) is 12.4 Å². The van der Waals surface area contributed by atoms with Gasteiger partial charge in [0.05, 0.1) is 16.6 Å². The predicted molar refractivity (Wildman–Crippen MR) is 117 cm³/mol. The Morgan fingerprint density at radius 1 is 1.00 bits per heavy atom. The van der Waals surface area contributed by atoms with Crippen LogP contribution in [-0.4, -0.2) is 34.1 Å². The molecule has 0 atom stereocenters. The Hall–Kier alpha value is -3.06. The number of halogens is 7. The van der Waals surface area contributed by atoms with Gasteiger partial charge in [-0.15, -0.1) is 12.4 Å². The second-order valence-corrected chi connectivity index (χ2v) is 7.68. The number of nitrogens with two attached hydrogens (primary N) is 1. The number of piperidine rings is 1. The first-order valence-corrected chi connectivity index (χ1v) is 9.88. The van der Waals surface area contributed by atoms with Gasteiger partial charge in [0.2, 0.25) is 5.95 Å². The third-order valence-electron chi connectivity index (χ3n) is 5.28. The predicted octanol–water partition coefficient (Wildman–Crippen LogP) is 4.45. The molecule has 0 bridgehead atoms. The SMILES string of the molecule is Cl.NC1CCN(c2nc(Nc3cc(C(F)(F)F)cc(C(F)(F)F)c3)c3c(=O)[nH]ccc3n2)CC1. The Kier molecular flexibility index (Phi) is 6.99. The number of benzene rings is 1. The minimum Gasteiger partial charge on any atom is -0.341 e. The average molecular weight is 509 g/mol. The van der Waals surface area contributed by atoms with Gasteiger partial charge in [0.25, 0.3) is 5.56 Å². The van der Waals surface area contributed by atoms with Crippen molar-refractivity contribution in [1.82, 2.24) is 15.0 Å². The van der Waals surface area contributed by atoms with Gasteiger partial charge in [-0.1, -0.05) is 0 Å². The molecule has 0 amide bonds. The van der Waals surface area contributed by atoms with E-state index in [9.17, 15) is 31.1 Å². The maximum atomic E-state index is 13.2. The van der Waals surface area contributed by atoms with Crippen molar-refractivity contribution in [3.05, 3.63) is 51.9 Å². The summed E-state index contributed by atoms with van der Waals surface area (Å²) in [6, 6.07) is 2.56. The highest BCUT2D eigenvalue weighted by Gasteiger charge is 2.37. The molecule has 184 valence electrons. The number of alkyl halides is 6. The number of fused-ring (bicyclic) bond motifs is 1. The van der Waals surface area contributed by atoms with E-state index in [0.717, 1.165) is 0 Å². The highest BCUT2D eigenvalue weighted by Crippen LogP contribution is 2.38. The lowest BCUT2D eigenvalue weighted by molar-refractivity contribution is -0.143. The van der Waals surface area contributed by atoms with Gasteiger partial charge in [0, 0.05) is 31.0 Å². The molecule has 1 aliphatic heterocycles. The molecular formula is C20H19ClF6N6O. The van der Waals surface area contributed by atoms with Crippen LogP contribution < -0.4 is 21.5 Å². The smallest absolute Gasteiger partial charge is 0.341 e. The molecule has 0 aliphatic carbocycles. The average Bonchev–Trinajstić information content (AvgIpc) is 2.72. The van der Waals surface area contributed by atoms with Crippen molar-refractivity contribution < 1.29 is 26.3 Å². The minimum absolute atomic E-state index is 0. The number of anilines is 3. The van der Waals surface area contributed by atoms with E-state index in [-0.39, 0.29) is 47.2 Å². The van der Waals surface area contributed by atoms with Gasteiger partial charge in [-0.3, -0.25) is 4.79 Å². The molecule has 0 saturated carbocycles. The molecule has 1 saturated heterocycles. The van der Waals surface area contributed by atoms with E-state index in [2.05, 4.69) is 20.3 Å². The van der Waals surface area contributed by atoms with Crippen LogP contribution in [0.4, 0.5) is 43.8 Å². The van der Waals surface area contributed by atoms with Crippen LogP contribution in [0.25, 0.3) is 10.9 Å². The third kappa shape index (κ3) is 5.36. The van der Waals surface area contributed by atoms with Crippen LogP contribution in [0.2, 0.25) is 0 Å². The lowest BCUT2D eigenvalue weighted by atomic mass is 10.1. The Morgan fingerprint density at radius 2 is 1.59 bits per heavy atom.